The molecule has 1 aromatic carbocycles. The van der Waals surface area contributed by atoms with Crippen LogP contribution in [0.1, 0.15) is 23.7 Å². The highest BCUT2D eigenvalue weighted by Gasteiger charge is 2.29. The number of fused-ring (bicyclic) bond motifs is 3. The SMILES string of the molecule is CN1CCc2c(c3cc(Cl)ccc3n2CC(C)(O)c2cncnc2)C1. The molecule has 0 aliphatic carbocycles. The first-order valence-corrected chi connectivity index (χ1v) is 8.79. The van der Waals surface area contributed by atoms with Crippen molar-refractivity contribution in [1.82, 2.24) is 19.4 Å². The first-order chi connectivity index (χ1) is 12.0. The average molecular weight is 357 g/mol. The fraction of sp³-hybridized carbons (Fsp3) is 0.368. The molecule has 0 saturated carbocycles. The minimum Gasteiger partial charge on any atom is -0.383 e. The first kappa shape index (κ1) is 16.5. The lowest BCUT2D eigenvalue weighted by Crippen LogP contribution is -2.31. The minimum atomic E-state index is -1.05. The number of aliphatic hydroxyl groups is 1. The van der Waals surface area contributed by atoms with Gasteiger partial charge in [-0.15, -0.1) is 0 Å². The molecule has 1 aliphatic heterocycles. The van der Waals surface area contributed by atoms with Crippen molar-refractivity contribution < 1.29 is 5.11 Å². The Kier molecular flexibility index (Phi) is 4.02. The molecule has 3 aromatic rings. The van der Waals surface area contributed by atoms with Crippen LogP contribution in [0.25, 0.3) is 10.9 Å². The van der Waals surface area contributed by atoms with Crippen molar-refractivity contribution >= 4 is 22.5 Å². The maximum atomic E-state index is 11.1. The second-order valence-electron chi connectivity index (χ2n) is 7.06. The molecule has 1 aliphatic rings. The molecule has 0 radical (unpaired) electrons. The van der Waals surface area contributed by atoms with Gasteiger partial charge < -0.3 is 14.6 Å². The van der Waals surface area contributed by atoms with Crippen molar-refractivity contribution in [2.75, 3.05) is 13.6 Å². The van der Waals surface area contributed by atoms with Gasteiger partial charge in [-0.05, 0) is 37.7 Å². The third-order valence-corrected chi connectivity index (χ3v) is 5.29. The number of halogens is 1. The van der Waals surface area contributed by atoms with Crippen LogP contribution in [-0.2, 0) is 25.1 Å². The van der Waals surface area contributed by atoms with Gasteiger partial charge >= 0.3 is 0 Å². The fourth-order valence-corrected chi connectivity index (χ4v) is 3.89. The number of likely N-dealkylation sites (N-methyl/N-ethyl adjacent to an activating group) is 1. The third-order valence-electron chi connectivity index (χ3n) is 5.06. The van der Waals surface area contributed by atoms with E-state index in [4.69, 9.17) is 11.6 Å². The molecule has 0 bridgehead atoms. The Morgan fingerprint density at radius 2 is 2.04 bits per heavy atom. The molecule has 0 spiro atoms. The van der Waals surface area contributed by atoms with Crippen LogP contribution in [-0.4, -0.2) is 38.1 Å². The number of hydrogen-bond acceptors (Lipinski definition) is 4. The molecular formula is C19H21ClN4O. The predicted octanol–water partition coefficient (Wildman–Crippen LogP) is 2.98. The van der Waals surface area contributed by atoms with E-state index in [-0.39, 0.29) is 0 Å². The molecule has 1 unspecified atom stereocenters. The van der Waals surface area contributed by atoms with Gasteiger partial charge in [0.05, 0.1) is 6.54 Å². The standard InChI is InChI=1S/C19H21ClN4O/c1-19(25,13-8-21-12-22-9-13)11-24-17-4-3-14(20)7-15(17)16-10-23(2)6-5-18(16)24/h3-4,7-9,12,25H,5-6,10-11H2,1-2H3. The van der Waals surface area contributed by atoms with Crippen LogP contribution in [0.4, 0.5) is 0 Å². The molecular weight excluding hydrogens is 336 g/mol. The molecule has 0 amide bonds. The Morgan fingerprint density at radius 1 is 1.28 bits per heavy atom. The van der Waals surface area contributed by atoms with Crippen LogP contribution in [0.5, 0.6) is 0 Å². The van der Waals surface area contributed by atoms with E-state index in [1.54, 1.807) is 12.4 Å². The Morgan fingerprint density at radius 3 is 2.80 bits per heavy atom. The summed E-state index contributed by atoms with van der Waals surface area (Å²) in [6, 6.07) is 6.00. The summed E-state index contributed by atoms with van der Waals surface area (Å²) in [5.74, 6) is 0. The molecule has 5 nitrogen and oxygen atoms in total. The molecule has 6 heteroatoms. The highest BCUT2D eigenvalue weighted by molar-refractivity contribution is 6.31. The number of rotatable bonds is 3. The van der Waals surface area contributed by atoms with Gasteiger partial charge in [0.15, 0.2) is 0 Å². The highest BCUT2D eigenvalue weighted by atomic mass is 35.5. The third kappa shape index (κ3) is 2.92. The van der Waals surface area contributed by atoms with E-state index in [1.807, 2.05) is 25.1 Å². The number of benzene rings is 1. The lowest BCUT2D eigenvalue weighted by atomic mass is 9.98. The molecule has 0 saturated heterocycles. The zero-order chi connectivity index (χ0) is 17.6. The number of aromatic nitrogens is 3. The summed E-state index contributed by atoms with van der Waals surface area (Å²) in [6.07, 6.45) is 5.79. The summed E-state index contributed by atoms with van der Waals surface area (Å²) in [5, 5.41) is 13.0. The Labute approximate surface area is 151 Å². The molecule has 4 rings (SSSR count). The van der Waals surface area contributed by atoms with Crippen LogP contribution in [0.3, 0.4) is 0 Å². The zero-order valence-corrected chi connectivity index (χ0v) is 15.2. The van der Waals surface area contributed by atoms with Crippen molar-refractivity contribution in [1.29, 1.82) is 0 Å². The summed E-state index contributed by atoms with van der Waals surface area (Å²) in [7, 11) is 2.13. The van der Waals surface area contributed by atoms with Crippen LogP contribution in [0.15, 0.2) is 36.9 Å². The van der Waals surface area contributed by atoms with E-state index < -0.39 is 5.60 Å². The number of nitrogens with zero attached hydrogens (tertiary/aromatic N) is 4. The lowest BCUT2D eigenvalue weighted by molar-refractivity contribution is 0.0378. The van der Waals surface area contributed by atoms with Crippen molar-refractivity contribution in [3.63, 3.8) is 0 Å². The van der Waals surface area contributed by atoms with E-state index >= 15 is 0 Å². The lowest BCUT2D eigenvalue weighted by Gasteiger charge is -2.28. The summed E-state index contributed by atoms with van der Waals surface area (Å²) < 4.78 is 2.24. The normalized spacial score (nSPS) is 17.4. The first-order valence-electron chi connectivity index (χ1n) is 8.41. The Hall–Kier alpha value is -1.95. The van der Waals surface area contributed by atoms with E-state index in [1.165, 1.54) is 23.0 Å². The average Bonchev–Trinajstić information content (AvgIpc) is 2.88. The van der Waals surface area contributed by atoms with Crippen LogP contribution in [0, 0.1) is 0 Å². The van der Waals surface area contributed by atoms with E-state index in [9.17, 15) is 5.11 Å². The van der Waals surface area contributed by atoms with E-state index in [0.29, 0.717) is 12.1 Å². The van der Waals surface area contributed by atoms with Crippen LogP contribution >= 0.6 is 11.6 Å². The summed E-state index contributed by atoms with van der Waals surface area (Å²) in [4.78, 5) is 10.4. The van der Waals surface area contributed by atoms with E-state index in [2.05, 4.69) is 26.5 Å². The van der Waals surface area contributed by atoms with Gasteiger partial charge in [0, 0.05) is 59.1 Å². The summed E-state index contributed by atoms with van der Waals surface area (Å²) in [5.41, 5.74) is 3.37. The van der Waals surface area contributed by atoms with Gasteiger partial charge in [0.2, 0.25) is 0 Å². The van der Waals surface area contributed by atoms with Gasteiger partial charge in [-0.1, -0.05) is 11.6 Å². The molecule has 25 heavy (non-hydrogen) atoms. The molecule has 3 heterocycles. The quantitative estimate of drug-likeness (QED) is 0.784. The molecule has 130 valence electrons. The van der Waals surface area contributed by atoms with Crippen molar-refractivity contribution in [3.8, 4) is 0 Å². The van der Waals surface area contributed by atoms with Crippen molar-refractivity contribution in [2.24, 2.45) is 0 Å². The Balaban J connectivity index is 1.85. The van der Waals surface area contributed by atoms with Crippen LogP contribution in [0.2, 0.25) is 5.02 Å². The second-order valence-corrected chi connectivity index (χ2v) is 7.50. The maximum absolute atomic E-state index is 11.1. The second kappa shape index (κ2) is 6.09. The van der Waals surface area contributed by atoms with Gasteiger partial charge in [-0.3, -0.25) is 0 Å². The van der Waals surface area contributed by atoms with Crippen molar-refractivity contribution in [3.05, 3.63) is 58.8 Å². The van der Waals surface area contributed by atoms with Gasteiger partial charge in [0.1, 0.15) is 11.9 Å². The largest absolute Gasteiger partial charge is 0.383 e. The molecule has 2 aromatic heterocycles. The summed E-state index contributed by atoms with van der Waals surface area (Å²) >= 11 is 6.25. The molecule has 1 atom stereocenters. The highest BCUT2D eigenvalue weighted by Crippen LogP contribution is 2.34. The predicted molar refractivity (Wildman–Crippen MR) is 98.6 cm³/mol. The van der Waals surface area contributed by atoms with Crippen LogP contribution < -0.4 is 0 Å². The molecule has 0 fully saturated rings. The fourth-order valence-electron chi connectivity index (χ4n) is 3.71. The summed E-state index contributed by atoms with van der Waals surface area (Å²) in [6.45, 7) is 4.18. The van der Waals surface area contributed by atoms with Crippen molar-refractivity contribution in [2.45, 2.75) is 32.0 Å². The van der Waals surface area contributed by atoms with Gasteiger partial charge in [0.25, 0.3) is 0 Å². The zero-order valence-electron chi connectivity index (χ0n) is 14.4. The molecule has 1 N–H and O–H groups in total. The minimum absolute atomic E-state index is 0.456. The topological polar surface area (TPSA) is 54.2 Å². The number of hydrogen-bond donors (Lipinski definition) is 1. The van der Waals surface area contributed by atoms with Gasteiger partial charge in [-0.2, -0.15) is 0 Å². The maximum Gasteiger partial charge on any atom is 0.115 e. The Bertz CT molecular complexity index is 920. The smallest absolute Gasteiger partial charge is 0.115 e. The van der Waals surface area contributed by atoms with E-state index in [0.717, 1.165) is 30.0 Å². The monoisotopic (exact) mass is 356 g/mol. The van der Waals surface area contributed by atoms with Gasteiger partial charge in [-0.25, -0.2) is 9.97 Å².